The molecule has 0 saturated carbocycles. The number of allylic oxidation sites excluding steroid dienone is 1. The molecule has 2 heterocycles. The summed E-state index contributed by atoms with van der Waals surface area (Å²) in [5.74, 6) is -0.0386. The van der Waals surface area contributed by atoms with E-state index < -0.39 is 16.9 Å². The van der Waals surface area contributed by atoms with Gasteiger partial charge in [0.2, 0.25) is 0 Å². The predicted octanol–water partition coefficient (Wildman–Crippen LogP) is 2.22. The minimum atomic E-state index is -0.712. The number of anilines is 1. The fourth-order valence-electron chi connectivity index (χ4n) is 2.80. The average molecular weight is 328 g/mol. The minimum Gasteiger partial charge on any atom is -0.462 e. The van der Waals surface area contributed by atoms with Crippen LogP contribution in [0, 0.1) is 10.1 Å². The molecule has 0 amide bonds. The van der Waals surface area contributed by atoms with E-state index in [9.17, 15) is 14.9 Å². The third kappa shape index (κ3) is 2.51. The first-order valence-corrected chi connectivity index (χ1v) is 7.43. The smallest absolute Gasteiger partial charge is 0.343 e. The molecule has 0 fully saturated rings. The summed E-state index contributed by atoms with van der Waals surface area (Å²) < 4.78 is 6.53. The summed E-state index contributed by atoms with van der Waals surface area (Å²) in [6.07, 6.45) is 2.80. The van der Waals surface area contributed by atoms with E-state index >= 15 is 0 Å². The lowest BCUT2D eigenvalue weighted by Crippen LogP contribution is -2.31. The van der Waals surface area contributed by atoms with Gasteiger partial charge in [0.25, 0.3) is 5.70 Å². The number of fused-ring (bicyclic) bond motifs is 1. The number of hydrogen-bond acceptors (Lipinski definition) is 6. The second kappa shape index (κ2) is 6.15. The molecule has 3 rings (SSSR count). The van der Waals surface area contributed by atoms with Gasteiger partial charge in [0.1, 0.15) is 11.4 Å². The number of nitrogens with zero attached hydrogens (tertiary/aromatic N) is 4. The largest absolute Gasteiger partial charge is 0.462 e. The Morgan fingerprint density at radius 3 is 2.71 bits per heavy atom. The monoisotopic (exact) mass is 328 g/mol. The molecule has 1 aromatic carbocycles. The minimum absolute atomic E-state index is 0.0188. The highest BCUT2D eigenvalue weighted by Gasteiger charge is 2.38. The first-order valence-electron chi connectivity index (χ1n) is 7.43. The number of hydrogen-bond donors (Lipinski definition) is 0. The number of esters is 1. The zero-order valence-corrected chi connectivity index (χ0v) is 13.2. The maximum Gasteiger partial charge on any atom is 0.343 e. The van der Waals surface area contributed by atoms with Crippen molar-refractivity contribution in [2.75, 3.05) is 18.6 Å². The molecule has 1 unspecified atom stereocenters. The van der Waals surface area contributed by atoms with Crippen LogP contribution in [-0.4, -0.2) is 34.3 Å². The van der Waals surface area contributed by atoms with Crippen LogP contribution in [0.25, 0.3) is 0 Å². The maximum atomic E-state index is 12.1. The number of carbonyl (C=O) groups excluding carboxylic acids is 1. The third-order valence-corrected chi connectivity index (χ3v) is 3.78. The second-order valence-corrected chi connectivity index (χ2v) is 5.28. The Hall–Kier alpha value is -3.16. The van der Waals surface area contributed by atoms with Gasteiger partial charge in [0, 0.05) is 7.05 Å². The Balaban J connectivity index is 2.16. The van der Waals surface area contributed by atoms with Gasteiger partial charge in [-0.05, 0) is 12.5 Å². The van der Waals surface area contributed by atoms with Crippen molar-refractivity contribution in [3.63, 3.8) is 0 Å². The van der Waals surface area contributed by atoms with Gasteiger partial charge in [-0.25, -0.2) is 9.48 Å². The first-order chi connectivity index (χ1) is 11.5. The van der Waals surface area contributed by atoms with Gasteiger partial charge in [-0.3, -0.25) is 10.1 Å². The van der Waals surface area contributed by atoms with Crippen molar-refractivity contribution >= 4 is 11.8 Å². The summed E-state index contributed by atoms with van der Waals surface area (Å²) in [4.78, 5) is 24.7. The van der Waals surface area contributed by atoms with Crippen LogP contribution in [-0.2, 0) is 4.74 Å². The van der Waals surface area contributed by atoms with Crippen molar-refractivity contribution in [3.05, 3.63) is 69.7 Å². The molecule has 0 spiro atoms. The van der Waals surface area contributed by atoms with Crippen molar-refractivity contribution < 1.29 is 14.5 Å². The summed E-state index contributed by atoms with van der Waals surface area (Å²) >= 11 is 0. The number of aromatic nitrogens is 2. The van der Waals surface area contributed by atoms with E-state index in [4.69, 9.17) is 4.74 Å². The number of ether oxygens (including phenoxy) is 1. The van der Waals surface area contributed by atoms with Gasteiger partial charge in [-0.1, -0.05) is 30.3 Å². The predicted molar refractivity (Wildman–Crippen MR) is 86.2 cm³/mol. The molecule has 8 nitrogen and oxygen atoms in total. The molecule has 0 radical (unpaired) electrons. The van der Waals surface area contributed by atoms with Crippen molar-refractivity contribution in [1.29, 1.82) is 0 Å². The quantitative estimate of drug-likeness (QED) is 0.485. The lowest BCUT2D eigenvalue weighted by molar-refractivity contribution is -0.432. The fourth-order valence-corrected chi connectivity index (χ4v) is 2.80. The summed E-state index contributed by atoms with van der Waals surface area (Å²) in [6, 6.07) is 8.32. The van der Waals surface area contributed by atoms with Gasteiger partial charge in [-0.2, -0.15) is 5.10 Å². The molecule has 0 aliphatic carbocycles. The highest BCUT2D eigenvalue weighted by Crippen LogP contribution is 2.37. The van der Waals surface area contributed by atoms with Crippen LogP contribution in [0.5, 0.6) is 0 Å². The zero-order valence-electron chi connectivity index (χ0n) is 13.2. The SMILES string of the molecule is CCOC(=O)c1cnn2c1N(C)C=C([N+](=O)[O-])C2c1ccccc1. The highest BCUT2D eigenvalue weighted by atomic mass is 16.6. The van der Waals surface area contributed by atoms with Gasteiger partial charge in [0.15, 0.2) is 6.04 Å². The number of carbonyl (C=O) groups is 1. The van der Waals surface area contributed by atoms with E-state index in [-0.39, 0.29) is 17.9 Å². The van der Waals surface area contributed by atoms with Gasteiger partial charge in [0.05, 0.1) is 23.9 Å². The van der Waals surface area contributed by atoms with Crippen molar-refractivity contribution in [3.8, 4) is 0 Å². The van der Waals surface area contributed by atoms with Gasteiger partial charge < -0.3 is 9.64 Å². The summed E-state index contributed by atoms with van der Waals surface area (Å²) in [7, 11) is 1.64. The average Bonchev–Trinajstić information content (AvgIpc) is 3.01. The van der Waals surface area contributed by atoms with Crippen molar-refractivity contribution in [2.24, 2.45) is 0 Å². The van der Waals surface area contributed by atoms with E-state index in [1.54, 1.807) is 38.2 Å². The molecule has 0 N–H and O–H groups in total. The van der Waals surface area contributed by atoms with Crippen LogP contribution in [0.4, 0.5) is 5.82 Å². The summed E-state index contributed by atoms with van der Waals surface area (Å²) in [5.41, 5.74) is 0.974. The molecule has 0 bridgehead atoms. The Bertz CT molecular complexity index is 813. The highest BCUT2D eigenvalue weighted by molar-refractivity contribution is 5.95. The third-order valence-electron chi connectivity index (χ3n) is 3.78. The normalized spacial score (nSPS) is 16.3. The molecule has 2 aromatic rings. The molecule has 1 atom stereocenters. The molecular weight excluding hydrogens is 312 g/mol. The Morgan fingerprint density at radius 1 is 1.38 bits per heavy atom. The first kappa shape index (κ1) is 15.7. The molecule has 0 saturated heterocycles. The molecular formula is C16H16N4O4. The Morgan fingerprint density at radius 2 is 2.08 bits per heavy atom. The molecule has 1 aromatic heterocycles. The topological polar surface area (TPSA) is 90.5 Å². The molecule has 1 aliphatic heterocycles. The Labute approximate surface area is 138 Å². The lowest BCUT2D eigenvalue weighted by atomic mass is 10.0. The van der Waals surface area contributed by atoms with Crippen molar-refractivity contribution in [1.82, 2.24) is 9.78 Å². The van der Waals surface area contributed by atoms with E-state index in [0.29, 0.717) is 11.4 Å². The van der Waals surface area contributed by atoms with E-state index in [1.165, 1.54) is 22.0 Å². The van der Waals surface area contributed by atoms with Crippen molar-refractivity contribution in [2.45, 2.75) is 13.0 Å². The van der Waals surface area contributed by atoms with Crippen LogP contribution in [0.2, 0.25) is 0 Å². The standard InChI is InChI=1S/C16H16N4O4/c1-3-24-16(21)12-9-17-19-14(11-7-5-4-6-8-11)13(20(22)23)10-18(2)15(12)19/h4-10,14H,3H2,1-2H3. The maximum absolute atomic E-state index is 12.1. The van der Waals surface area contributed by atoms with Crippen LogP contribution in [0.1, 0.15) is 28.9 Å². The lowest BCUT2D eigenvalue weighted by Gasteiger charge is -2.27. The Kier molecular flexibility index (Phi) is 4.03. The zero-order chi connectivity index (χ0) is 17.3. The molecule has 8 heteroatoms. The van der Waals surface area contributed by atoms with Gasteiger partial charge >= 0.3 is 5.97 Å². The van der Waals surface area contributed by atoms with Crippen LogP contribution in [0.3, 0.4) is 0 Å². The van der Waals surface area contributed by atoms with Gasteiger partial charge in [-0.15, -0.1) is 0 Å². The van der Waals surface area contributed by atoms with Crippen LogP contribution >= 0.6 is 0 Å². The van der Waals surface area contributed by atoms with Crippen LogP contribution < -0.4 is 4.90 Å². The van der Waals surface area contributed by atoms with E-state index in [2.05, 4.69) is 5.10 Å². The number of rotatable bonds is 4. The molecule has 24 heavy (non-hydrogen) atoms. The summed E-state index contributed by atoms with van der Waals surface area (Å²) in [6.45, 7) is 1.96. The fraction of sp³-hybridized carbons (Fsp3) is 0.250. The van der Waals surface area contributed by atoms with Crippen LogP contribution in [0.15, 0.2) is 48.4 Å². The number of nitro groups is 1. The summed E-state index contributed by atoms with van der Waals surface area (Å²) in [5, 5.41) is 15.7. The second-order valence-electron chi connectivity index (χ2n) is 5.28. The molecule has 124 valence electrons. The molecule has 1 aliphatic rings. The van der Waals surface area contributed by atoms with E-state index in [0.717, 1.165) is 0 Å². The number of benzene rings is 1. The van der Waals surface area contributed by atoms with E-state index in [1.807, 2.05) is 6.07 Å².